The number of halogens is 3. The Balaban J connectivity index is 2.03. The zero-order valence-corrected chi connectivity index (χ0v) is 15.1. The second-order valence-corrected chi connectivity index (χ2v) is 6.16. The van der Waals surface area contributed by atoms with Crippen molar-refractivity contribution in [2.75, 3.05) is 7.11 Å². The lowest BCUT2D eigenvalue weighted by molar-refractivity contribution is -0.136. The molecule has 0 aliphatic carbocycles. The monoisotopic (exact) mass is 401 g/mol. The molecule has 0 amide bonds. The van der Waals surface area contributed by atoms with Crippen LogP contribution >= 0.6 is 0 Å². The van der Waals surface area contributed by atoms with Gasteiger partial charge in [0, 0.05) is 10.8 Å². The standard InChI is InChI=1S/C20H14F3N3O3/c1-28-19(27)16-17(29-10-12-6-3-2-4-7-12)13-8-5-9-14(20(21,22)23)15(13)18-24-11-25-26(16)18/h2-9,11H,10H2,1H3. The molecule has 0 N–H and O–H groups in total. The zero-order chi connectivity index (χ0) is 20.6. The number of esters is 1. The number of carbonyl (C=O) groups excluding carboxylic acids is 1. The first-order chi connectivity index (χ1) is 13.9. The molecule has 4 rings (SSSR count). The van der Waals surface area contributed by atoms with E-state index in [0.29, 0.717) is 0 Å². The van der Waals surface area contributed by atoms with Crippen LogP contribution in [-0.4, -0.2) is 27.7 Å². The molecule has 6 nitrogen and oxygen atoms in total. The number of ether oxygens (including phenoxy) is 2. The maximum absolute atomic E-state index is 13.7. The van der Waals surface area contributed by atoms with E-state index in [-0.39, 0.29) is 34.5 Å². The summed E-state index contributed by atoms with van der Waals surface area (Å²) in [7, 11) is 1.17. The van der Waals surface area contributed by atoms with Crippen LogP contribution in [0.3, 0.4) is 0 Å². The fourth-order valence-electron chi connectivity index (χ4n) is 3.17. The number of carbonyl (C=O) groups is 1. The number of benzene rings is 2. The molecule has 0 aliphatic heterocycles. The molecule has 0 saturated heterocycles. The van der Waals surface area contributed by atoms with Crippen molar-refractivity contribution in [2.45, 2.75) is 12.8 Å². The highest BCUT2D eigenvalue weighted by molar-refractivity contribution is 6.06. The summed E-state index contributed by atoms with van der Waals surface area (Å²) in [6, 6.07) is 12.7. The van der Waals surface area contributed by atoms with E-state index in [9.17, 15) is 18.0 Å². The molecule has 0 bridgehead atoms. The lowest BCUT2D eigenvalue weighted by Crippen LogP contribution is -2.15. The highest BCUT2D eigenvalue weighted by Crippen LogP contribution is 2.41. The van der Waals surface area contributed by atoms with Crippen LogP contribution < -0.4 is 4.74 Å². The van der Waals surface area contributed by atoms with E-state index >= 15 is 0 Å². The molecule has 0 spiro atoms. The van der Waals surface area contributed by atoms with Gasteiger partial charge in [0.2, 0.25) is 0 Å². The van der Waals surface area contributed by atoms with E-state index in [1.54, 1.807) is 24.3 Å². The van der Waals surface area contributed by atoms with Crippen LogP contribution in [-0.2, 0) is 17.5 Å². The van der Waals surface area contributed by atoms with Crippen molar-refractivity contribution in [3.63, 3.8) is 0 Å². The minimum atomic E-state index is -4.63. The molecule has 9 heteroatoms. The molecule has 0 aliphatic rings. The quantitative estimate of drug-likeness (QED) is 0.478. The largest absolute Gasteiger partial charge is 0.486 e. The molecule has 148 valence electrons. The summed E-state index contributed by atoms with van der Waals surface area (Å²) in [4.78, 5) is 16.4. The van der Waals surface area contributed by atoms with Gasteiger partial charge in [-0.3, -0.25) is 0 Å². The number of nitrogens with zero attached hydrogens (tertiary/aromatic N) is 3. The maximum atomic E-state index is 13.7. The fraction of sp³-hybridized carbons (Fsp3) is 0.150. The van der Waals surface area contributed by atoms with Gasteiger partial charge in [-0.2, -0.15) is 18.3 Å². The molecule has 2 aromatic carbocycles. The topological polar surface area (TPSA) is 65.7 Å². The van der Waals surface area contributed by atoms with Gasteiger partial charge in [-0.15, -0.1) is 0 Å². The van der Waals surface area contributed by atoms with Crippen molar-refractivity contribution < 1.29 is 27.4 Å². The Labute approximate surface area is 162 Å². The summed E-state index contributed by atoms with van der Waals surface area (Å²) in [6.07, 6.45) is -3.55. The first-order valence-electron chi connectivity index (χ1n) is 8.52. The molecule has 4 aromatic rings. The smallest absolute Gasteiger partial charge is 0.417 e. The third kappa shape index (κ3) is 3.24. The van der Waals surface area contributed by atoms with E-state index in [0.717, 1.165) is 22.5 Å². The molecule has 29 heavy (non-hydrogen) atoms. The van der Waals surface area contributed by atoms with Crippen LogP contribution in [0.4, 0.5) is 13.2 Å². The lowest BCUT2D eigenvalue weighted by Gasteiger charge is -2.17. The van der Waals surface area contributed by atoms with Gasteiger partial charge < -0.3 is 9.47 Å². The average Bonchev–Trinajstić information content (AvgIpc) is 3.20. The second-order valence-electron chi connectivity index (χ2n) is 6.16. The number of aromatic nitrogens is 3. The summed E-state index contributed by atoms with van der Waals surface area (Å²) in [5, 5.41) is 3.83. The third-order valence-electron chi connectivity index (χ3n) is 4.42. The van der Waals surface area contributed by atoms with Gasteiger partial charge in [-0.25, -0.2) is 14.3 Å². The average molecular weight is 401 g/mol. The number of hydrogen-bond donors (Lipinski definition) is 0. The van der Waals surface area contributed by atoms with Gasteiger partial charge >= 0.3 is 12.1 Å². The number of alkyl halides is 3. The number of methoxy groups -OCH3 is 1. The highest BCUT2D eigenvalue weighted by atomic mass is 19.4. The van der Waals surface area contributed by atoms with Crippen molar-refractivity contribution in [3.8, 4) is 5.75 Å². The Kier molecular flexibility index (Phi) is 4.57. The van der Waals surface area contributed by atoms with Gasteiger partial charge in [0.1, 0.15) is 12.9 Å². The van der Waals surface area contributed by atoms with Crippen LogP contribution in [0.5, 0.6) is 5.75 Å². The zero-order valence-electron chi connectivity index (χ0n) is 15.1. The lowest BCUT2D eigenvalue weighted by atomic mass is 10.0. The van der Waals surface area contributed by atoms with Crippen molar-refractivity contribution in [3.05, 3.63) is 71.7 Å². The summed E-state index contributed by atoms with van der Waals surface area (Å²) in [5.74, 6) is -0.859. The van der Waals surface area contributed by atoms with Gasteiger partial charge in [0.25, 0.3) is 0 Å². The van der Waals surface area contributed by atoms with Crippen LogP contribution in [0.15, 0.2) is 54.9 Å². The summed E-state index contributed by atoms with van der Waals surface area (Å²) in [5.41, 5.74) is -0.362. The van der Waals surface area contributed by atoms with Crippen LogP contribution in [0.1, 0.15) is 21.6 Å². The molecule has 0 radical (unpaired) electrons. The number of pyridine rings is 1. The Hall–Kier alpha value is -3.62. The van der Waals surface area contributed by atoms with Gasteiger partial charge in [-0.1, -0.05) is 42.5 Å². The summed E-state index contributed by atoms with van der Waals surface area (Å²) in [6.45, 7) is 0.0381. The van der Waals surface area contributed by atoms with Gasteiger partial charge in [-0.05, 0) is 11.6 Å². The Morgan fingerprint density at radius 2 is 1.86 bits per heavy atom. The van der Waals surface area contributed by atoms with Crippen molar-refractivity contribution in [1.82, 2.24) is 14.6 Å². The first kappa shape index (κ1) is 18.7. The molecule has 0 atom stereocenters. The number of fused-ring (bicyclic) bond motifs is 3. The molecular formula is C20H14F3N3O3. The van der Waals surface area contributed by atoms with E-state index in [1.807, 2.05) is 6.07 Å². The predicted octanol–water partition coefficient (Wildman–Crippen LogP) is 4.27. The molecular weight excluding hydrogens is 387 g/mol. The minimum absolute atomic E-state index is 0.0381. The van der Waals surface area contributed by atoms with Crippen LogP contribution in [0.2, 0.25) is 0 Å². The molecule has 2 aromatic heterocycles. The molecule has 2 heterocycles. The summed E-state index contributed by atoms with van der Waals surface area (Å²) >= 11 is 0. The van der Waals surface area contributed by atoms with E-state index < -0.39 is 17.7 Å². The number of rotatable bonds is 4. The van der Waals surface area contributed by atoms with Crippen molar-refractivity contribution >= 4 is 22.4 Å². The second kappa shape index (κ2) is 7.08. The maximum Gasteiger partial charge on any atom is 0.417 e. The molecule has 0 fully saturated rings. The minimum Gasteiger partial charge on any atom is -0.486 e. The Bertz CT molecular complexity index is 1200. The number of hydrogen-bond acceptors (Lipinski definition) is 5. The molecule has 0 saturated carbocycles. The normalized spacial score (nSPS) is 11.7. The van der Waals surface area contributed by atoms with Crippen molar-refractivity contribution in [2.24, 2.45) is 0 Å². The van der Waals surface area contributed by atoms with Crippen LogP contribution in [0, 0.1) is 0 Å². The highest BCUT2D eigenvalue weighted by Gasteiger charge is 2.35. The Morgan fingerprint density at radius 3 is 2.55 bits per heavy atom. The van der Waals surface area contributed by atoms with Crippen LogP contribution in [0.25, 0.3) is 16.4 Å². The van der Waals surface area contributed by atoms with E-state index in [2.05, 4.69) is 10.1 Å². The van der Waals surface area contributed by atoms with Crippen molar-refractivity contribution in [1.29, 1.82) is 0 Å². The van der Waals surface area contributed by atoms with Gasteiger partial charge in [0.05, 0.1) is 12.7 Å². The van der Waals surface area contributed by atoms with Gasteiger partial charge in [0.15, 0.2) is 17.1 Å². The molecule has 0 unspecified atom stereocenters. The van der Waals surface area contributed by atoms with E-state index in [4.69, 9.17) is 9.47 Å². The summed E-state index contributed by atoms with van der Waals surface area (Å²) < 4.78 is 52.7. The first-order valence-corrected chi connectivity index (χ1v) is 8.52. The van der Waals surface area contributed by atoms with E-state index in [1.165, 1.54) is 19.2 Å². The third-order valence-corrected chi connectivity index (χ3v) is 4.42. The predicted molar refractivity (Wildman–Crippen MR) is 97.6 cm³/mol. The fourth-order valence-corrected chi connectivity index (χ4v) is 3.17. The Morgan fingerprint density at radius 1 is 1.10 bits per heavy atom. The SMILES string of the molecule is COC(=O)c1c(OCc2ccccc2)c2cccc(C(F)(F)F)c2c2ncnn12.